The summed E-state index contributed by atoms with van der Waals surface area (Å²) in [7, 11) is 0. The SMILES string of the molecule is Cc1ccc(NC(=O)CNCCC(=O)NC(C)(C)C)cc1. The number of hydrogen-bond donors (Lipinski definition) is 3. The Bertz CT molecular complexity index is 475. The van der Waals surface area contributed by atoms with Crippen LogP contribution >= 0.6 is 0 Å². The smallest absolute Gasteiger partial charge is 0.238 e. The van der Waals surface area contributed by atoms with Crippen LogP contribution in [0.15, 0.2) is 24.3 Å². The molecule has 1 aromatic carbocycles. The number of hydrogen-bond acceptors (Lipinski definition) is 3. The molecule has 0 bridgehead atoms. The lowest BCUT2D eigenvalue weighted by molar-refractivity contribution is -0.122. The first-order chi connectivity index (χ1) is 9.76. The van der Waals surface area contributed by atoms with Gasteiger partial charge in [0.15, 0.2) is 0 Å². The summed E-state index contributed by atoms with van der Waals surface area (Å²) < 4.78 is 0. The molecule has 0 aliphatic heterocycles. The van der Waals surface area contributed by atoms with Crippen LogP contribution in [0, 0.1) is 6.92 Å². The van der Waals surface area contributed by atoms with Crippen molar-refractivity contribution in [1.29, 1.82) is 0 Å². The van der Waals surface area contributed by atoms with Gasteiger partial charge in [0.2, 0.25) is 11.8 Å². The predicted octanol–water partition coefficient (Wildman–Crippen LogP) is 1.83. The molecule has 21 heavy (non-hydrogen) atoms. The molecule has 0 atom stereocenters. The summed E-state index contributed by atoms with van der Waals surface area (Å²) in [5.74, 6) is -0.135. The second-order valence-corrected chi connectivity index (χ2v) is 6.14. The fourth-order valence-corrected chi connectivity index (χ4v) is 1.73. The Labute approximate surface area is 126 Å². The van der Waals surface area contributed by atoms with Gasteiger partial charge in [0.1, 0.15) is 0 Å². The van der Waals surface area contributed by atoms with E-state index < -0.39 is 0 Å². The van der Waals surface area contributed by atoms with Crippen LogP contribution < -0.4 is 16.0 Å². The summed E-state index contributed by atoms with van der Waals surface area (Å²) in [5, 5.41) is 8.63. The van der Waals surface area contributed by atoms with Crippen molar-refractivity contribution >= 4 is 17.5 Å². The first kappa shape index (κ1) is 17.2. The van der Waals surface area contributed by atoms with E-state index in [1.165, 1.54) is 0 Å². The van der Waals surface area contributed by atoms with Gasteiger partial charge in [0.05, 0.1) is 6.54 Å². The Morgan fingerprint density at radius 2 is 1.67 bits per heavy atom. The maximum absolute atomic E-state index is 11.7. The van der Waals surface area contributed by atoms with E-state index in [0.29, 0.717) is 13.0 Å². The largest absolute Gasteiger partial charge is 0.351 e. The summed E-state index contributed by atoms with van der Waals surface area (Å²) in [6.45, 7) is 8.48. The van der Waals surface area contributed by atoms with Crippen LogP contribution in [0.4, 0.5) is 5.69 Å². The molecule has 0 aliphatic rings. The molecular formula is C16H25N3O2. The van der Waals surface area contributed by atoms with Crippen LogP contribution in [0.3, 0.4) is 0 Å². The molecule has 1 rings (SSSR count). The molecule has 0 radical (unpaired) electrons. The van der Waals surface area contributed by atoms with E-state index in [4.69, 9.17) is 0 Å². The molecular weight excluding hydrogens is 266 g/mol. The molecule has 3 N–H and O–H groups in total. The van der Waals surface area contributed by atoms with Crippen LogP contribution in [0.5, 0.6) is 0 Å². The zero-order chi connectivity index (χ0) is 15.9. The molecule has 5 nitrogen and oxygen atoms in total. The zero-order valence-corrected chi connectivity index (χ0v) is 13.2. The summed E-state index contributed by atoms with van der Waals surface area (Å²) in [6, 6.07) is 7.62. The van der Waals surface area contributed by atoms with Crippen LogP contribution in [0.25, 0.3) is 0 Å². The van der Waals surface area contributed by atoms with Crippen LogP contribution in [0.1, 0.15) is 32.8 Å². The summed E-state index contributed by atoms with van der Waals surface area (Å²) >= 11 is 0. The maximum Gasteiger partial charge on any atom is 0.238 e. The van der Waals surface area contributed by atoms with Crippen molar-refractivity contribution in [1.82, 2.24) is 10.6 Å². The van der Waals surface area contributed by atoms with Crippen molar-refractivity contribution in [2.45, 2.75) is 39.7 Å². The lowest BCUT2D eigenvalue weighted by Gasteiger charge is -2.20. The van der Waals surface area contributed by atoms with Crippen molar-refractivity contribution in [3.05, 3.63) is 29.8 Å². The van der Waals surface area contributed by atoms with E-state index in [1.54, 1.807) is 0 Å². The van der Waals surface area contributed by atoms with Crippen LogP contribution in [-0.4, -0.2) is 30.4 Å². The van der Waals surface area contributed by atoms with E-state index in [9.17, 15) is 9.59 Å². The Balaban J connectivity index is 2.19. The highest BCUT2D eigenvalue weighted by Gasteiger charge is 2.13. The monoisotopic (exact) mass is 291 g/mol. The van der Waals surface area contributed by atoms with E-state index in [-0.39, 0.29) is 23.9 Å². The first-order valence-corrected chi connectivity index (χ1v) is 7.14. The number of carbonyl (C=O) groups is 2. The maximum atomic E-state index is 11.7. The van der Waals surface area contributed by atoms with Gasteiger partial charge in [-0.3, -0.25) is 9.59 Å². The highest BCUT2D eigenvalue weighted by Crippen LogP contribution is 2.07. The molecule has 0 spiro atoms. The molecule has 116 valence electrons. The molecule has 0 saturated carbocycles. The number of aryl methyl sites for hydroxylation is 1. The van der Waals surface area contributed by atoms with Gasteiger partial charge in [0.25, 0.3) is 0 Å². The van der Waals surface area contributed by atoms with Gasteiger partial charge in [-0.2, -0.15) is 0 Å². The van der Waals surface area contributed by atoms with Gasteiger partial charge >= 0.3 is 0 Å². The summed E-state index contributed by atoms with van der Waals surface area (Å²) in [6.07, 6.45) is 0.356. The number of carbonyl (C=O) groups excluding carboxylic acids is 2. The molecule has 0 fully saturated rings. The number of anilines is 1. The molecule has 0 heterocycles. The fraction of sp³-hybridized carbons (Fsp3) is 0.500. The number of rotatable bonds is 6. The molecule has 0 unspecified atom stereocenters. The Morgan fingerprint density at radius 1 is 1.05 bits per heavy atom. The van der Waals surface area contributed by atoms with Crippen molar-refractivity contribution in [3.8, 4) is 0 Å². The normalized spacial score (nSPS) is 11.0. The van der Waals surface area contributed by atoms with Crippen molar-refractivity contribution in [2.75, 3.05) is 18.4 Å². The van der Waals surface area contributed by atoms with Crippen LogP contribution in [0.2, 0.25) is 0 Å². The molecule has 0 aromatic heterocycles. The fourth-order valence-electron chi connectivity index (χ4n) is 1.73. The lowest BCUT2D eigenvalue weighted by Crippen LogP contribution is -2.42. The van der Waals surface area contributed by atoms with Gasteiger partial charge < -0.3 is 16.0 Å². The molecule has 5 heteroatoms. The average molecular weight is 291 g/mol. The predicted molar refractivity (Wildman–Crippen MR) is 85.2 cm³/mol. The second kappa shape index (κ2) is 7.78. The number of nitrogens with one attached hydrogen (secondary N) is 3. The molecule has 0 saturated heterocycles. The molecule has 2 amide bonds. The third kappa shape index (κ3) is 8.09. The summed E-state index contributed by atoms with van der Waals surface area (Å²) in [5.41, 5.74) is 1.70. The highest BCUT2D eigenvalue weighted by atomic mass is 16.2. The third-order valence-corrected chi connectivity index (χ3v) is 2.66. The first-order valence-electron chi connectivity index (χ1n) is 7.14. The minimum Gasteiger partial charge on any atom is -0.351 e. The Morgan fingerprint density at radius 3 is 2.24 bits per heavy atom. The van der Waals surface area contributed by atoms with E-state index in [2.05, 4.69) is 16.0 Å². The highest BCUT2D eigenvalue weighted by molar-refractivity contribution is 5.92. The Kier molecular flexibility index (Phi) is 6.37. The van der Waals surface area contributed by atoms with Crippen molar-refractivity contribution in [3.63, 3.8) is 0 Å². The number of amides is 2. The van der Waals surface area contributed by atoms with E-state index in [1.807, 2.05) is 52.0 Å². The third-order valence-electron chi connectivity index (χ3n) is 2.66. The Hall–Kier alpha value is -1.88. The topological polar surface area (TPSA) is 70.2 Å². The quantitative estimate of drug-likeness (QED) is 0.700. The minimum absolute atomic E-state index is 0.0195. The van der Waals surface area contributed by atoms with E-state index >= 15 is 0 Å². The van der Waals surface area contributed by atoms with Crippen molar-refractivity contribution in [2.24, 2.45) is 0 Å². The van der Waals surface area contributed by atoms with Gasteiger partial charge in [-0.25, -0.2) is 0 Å². The zero-order valence-electron chi connectivity index (χ0n) is 13.2. The van der Waals surface area contributed by atoms with Gasteiger partial charge in [-0.15, -0.1) is 0 Å². The van der Waals surface area contributed by atoms with Crippen LogP contribution in [-0.2, 0) is 9.59 Å². The van der Waals surface area contributed by atoms with Gasteiger partial charge in [-0.05, 0) is 39.8 Å². The minimum atomic E-state index is -0.222. The van der Waals surface area contributed by atoms with Gasteiger partial charge in [0, 0.05) is 24.2 Å². The van der Waals surface area contributed by atoms with Gasteiger partial charge in [-0.1, -0.05) is 17.7 Å². The van der Waals surface area contributed by atoms with Crippen molar-refractivity contribution < 1.29 is 9.59 Å². The lowest BCUT2D eigenvalue weighted by atomic mass is 10.1. The second-order valence-electron chi connectivity index (χ2n) is 6.14. The molecule has 0 aliphatic carbocycles. The molecule has 1 aromatic rings. The standard InChI is InChI=1S/C16H25N3O2/c1-12-5-7-13(8-6-12)18-15(21)11-17-10-9-14(20)19-16(2,3)4/h5-8,17H,9-11H2,1-4H3,(H,18,21)(H,19,20). The van der Waals surface area contributed by atoms with E-state index in [0.717, 1.165) is 11.3 Å². The summed E-state index contributed by atoms with van der Waals surface area (Å²) in [4.78, 5) is 23.3. The average Bonchev–Trinajstić information content (AvgIpc) is 2.35. The number of benzene rings is 1.